The van der Waals surface area contributed by atoms with Gasteiger partial charge < -0.3 is 0 Å². The molecular weight excluding hydrogens is 506 g/mol. The van der Waals surface area contributed by atoms with E-state index in [0.717, 1.165) is 22.3 Å². The number of aromatic nitrogens is 6. The Morgan fingerprint density at radius 2 is 0.850 bits per heavy atom. The van der Waals surface area contributed by atoms with Gasteiger partial charge in [0.2, 0.25) is 0 Å². The number of halogens is 2. The maximum atomic E-state index is 13.9. The third-order valence-corrected chi connectivity index (χ3v) is 6.84. The third-order valence-electron chi connectivity index (χ3n) is 6.84. The molecular formula is C32H26F2N6. The summed E-state index contributed by atoms with van der Waals surface area (Å²) in [6.45, 7) is 4.98. The average Bonchev–Trinajstić information content (AvgIpc) is 3.55. The first kappa shape index (κ1) is 25.3. The first-order valence-corrected chi connectivity index (χ1v) is 12.9. The largest absolute Gasteiger partial charge is 0.238 e. The second-order valence-corrected chi connectivity index (χ2v) is 9.87. The van der Waals surface area contributed by atoms with Crippen LogP contribution in [0.3, 0.4) is 0 Å². The molecule has 0 unspecified atom stereocenters. The summed E-state index contributed by atoms with van der Waals surface area (Å²) >= 11 is 0. The maximum Gasteiger partial charge on any atom is 0.123 e. The van der Waals surface area contributed by atoms with E-state index < -0.39 is 0 Å². The van der Waals surface area contributed by atoms with Crippen LogP contribution in [0, 0.1) is 25.5 Å². The standard InChI is InChI=1S/C32H26F2N6/c1-21-3-7-23(8-4-21)19-39-31(29(35-37-39)25-11-15-27(33)16-12-25)32-30(26-13-17-28(34)18-14-26)36-38-40(32)20-24-9-5-22(2)6-10-24/h3-18H,19-20H2,1-2H3. The van der Waals surface area contributed by atoms with Gasteiger partial charge in [-0.1, -0.05) is 70.1 Å². The molecule has 0 fully saturated rings. The van der Waals surface area contributed by atoms with E-state index in [2.05, 4.69) is 69.2 Å². The fourth-order valence-electron chi connectivity index (χ4n) is 4.65. The first-order chi connectivity index (χ1) is 19.4. The molecule has 4 aromatic carbocycles. The van der Waals surface area contributed by atoms with Crippen molar-refractivity contribution in [2.75, 3.05) is 0 Å². The van der Waals surface area contributed by atoms with E-state index in [4.69, 9.17) is 0 Å². The molecule has 6 rings (SSSR count). The summed E-state index contributed by atoms with van der Waals surface area (Å²) in [6, 6.07) is 28.8. The second-order valence-electron chi connectivity index (χ2n) is 9.87. The molecule has 6 aromatic rings. The molecule has 0 saturated heterocycles. The van der Waals surface area contributed by atoms with E-state index in [0.29, 0.717) is 47.0 Å². The Labute approximate surface area is 230 Å². The van der Waals surface area contributed by atoms with Crippen molar-refractivity contribution in [1.29, 1.82) is 0 Å². The summed E-state index contributed by atoms with van der Waals surface area (Å²) in [5.74, 6) is -0.675. The summed E-state index contributed by atoms with van der Waals surface area (Å²) in [6.07, 6.45) is 0. The van der Waals surface area contributed by atoms with Gasteiger partial charge in [-0.2, -0.15) is 0 Å². The summed E-state index contributed by atoms with van der Waals surface area (Å²) in [5.41, 5.74) is 8.34. The highest BCUT2D eigenvalue weighted by Gasteiger charge is 2.26. The van der Waals surface area contributed by atoms with Crippen molar-refractivity contribution >= 4 is 0 Å². The Kier molecular flexibility index (Phi) is 6.74. The molecule has 0 amide bonds. The van der Waals surface area contributed by atoms with Gasteiger partial charge in [-0.25, -0.2) is 18.1 Å². The van der Waals surface area contributed by atoms with E-state index in [1.807, 2.05) is 23.2 Å². The van der Waals surface area contributed by atoms with Gasteiger partial charge in [0, 0.05) is 11.1 Å². The van der Waals surface area contributed by atoms with E-state index >= 15 is 0 Å². The number of rotatable bonds is 7. The second kappa shape index (κ2) is 10.6. The molecule has 198 valence electrons. The first-order valence-electron chi connectivity index (χ1n) is 12.9. The zero-order valence-corrected chi connectivity index (χ0v) is 22.1. The number of benzene rings is 4. The van der Waals surface area contributed by atoms with Crippen LogP contribution in [-0.2, 0) is 13.1 Å². The van der Waals surface area contributed by atoms with Crippen LogP contribution in [0.15, 0.2) is 97.1 Å². The summed E-state index contributed by atoms with van der Waals surface area (Å²) in [5, 5.41) is 18.2. The summed E-state index contributed by atoms with van der Waals surface area (Å²) in [7, 11) is 0. The van der Waals surface area contributed by atoms with Crippen LogP contribution in [0.1, 0.15) is 22.3 Å². The maximum absolute atomic E-state index is 13.9. The average molecular weight is 533 g/mol. The lowest BCUT2D eigenvalue weighted by Crippen LogP contribution is -2.10. The minimum atomic E-state index is -0.338. The summed E-state index contributed by atoms with van der Waals surface area (Å²) < 4.78 is 31.4. The molecule has 0 spiro atoms. The van der Waals surface area contributed by atoms with Crippen LogP contribution in [0.5, 0.6) is 0 Å². The van der Waals surface area contributed by atoms with Gasteiger partial charge in [-0.15, -0.1) is 10.2 Å². The predicted octanol–water partition coefficient (Wildman–Crippen LogP) is 6.86. The van der Waals surface area contributed by atoms with Crippen LogP contribution < -0.4 is 0 Å². The monoisotopic (exact) mass is 532 g/mol. The van der Waals surface area contributed by atoms with Crippen molar-refractivity contribution in [2.45, 2.75) is 26.9 Å². The molecule has 0 aliphatic carbocycles. The van der Waals surface area contributed by atoms with Gasteiger partial charge in [0.25, 0.3) is 0 Å². The number of nitrogens with zero attached hydrogens (tertiary/aromatic N) is 6. The Balaban J connectivity index is 1.57. The van der Waals surface area contributed by atoms with Crippen LogP contribution in [0.25, 0.3) is 33.9 Å². The molecule has 40 heavy (non-hydrogen) atoms. The molecule has 0 N–H and O–H groups in total. The van der Waals surface area contributed by atoms with E-state index in [1.165, 1.54) is 24.3 Å². The van der Waals surface area contributed by atoms with Crippen molar-refractivity contribution < 1.29 is 8.78 Å². The molecule has 0 aliphatic rings. The minimum Gasteiger partial charge on any atom is -0.238 e. The zero-order chi connectivity index (χ0) is 27.6. The normalized spacial score (nSPS) is 11.2. The Hall–Kier alpha value is -4.98. The fourth-order valence-corrected chi connectivity index (χ4v) is 4.65. The van der Waals surface area contributed by atoms with E-state index in [1.54, 1.807) is 24.3 Å². The highest BCUT2D eigenvalue weighted by Crippen LogP contribution is 2.37. The zero-order valence-electron chi connectivity index (χ0n) is 22.1. The number of hydrogen-bond acceptors (Lipinski definition) is 4. The molecule has 2 aromatic heterocycles. The highest BCUT2D eigenvalue weighted by atomic mass is 19.1. The molecule has 0 bridgehead atoms. The van der Waals surface area contributed by atoms with Crippen molar-refractivity contribution in [3.05, 3.63) is 131 Å². The van der Waals surface area contributed by atoms with Crippen molar-refractivity contribution in [2.24, 2.45) is 0 Å². The smallest absolute Gasteiger partial charge is 0.123 e. The van der Waals surface area contributed by atoms with Crippen LogP contribution in [-0.4, -0.2) is 30.0 Å². The van der Waals surface area contributed by atoms with Crippen molar-refractivity contribution in [3.63, 3.8) is 0 Å². The van der Waals surface area contributed by atoms with Gasteiger partial charge in [-0.3, -0.25) is 0 Å². The SMILES string of the molecule is Cc1ccc(Cn2nnc(-c3ccc(F)cc3)c2-c2c(-c3ccc(F)cc3)nnn2Cc2ccc(C)cc2)cc1. The third kappa shape index (κ3) is 5.16. The van der Waals surface area contributed by atoms with Gasteiger partial charge in [0.15, 0.2) is 0 Å². The lowest BCUT2D eigenvalue weighted by molar-refractivity contribution is 0.627. The predicted molar refractivity (Wildman–Crippen MR) is 150 cm³/mol. The molecule has 2 heterocycles. The number of aryl methyl sites for hydroxylation is 2. The lowest BCUT2D eigenvalue weighted by atomic mass is 10.0. The van der Waals surface area contributed by atoms with E-state index in [9.17, 15) is 8.78 Å². The van der Waals surface area contributed by atoms with Crippen molar-refractivity contribution in [1.82, 2.24) is 30.0 Å². The lowest BCUT2D eigenvalue weighted by Gasteiger charge is -2.13. The molecule has 0 atom stereocenters. The van der Waals surface area contributed by atoms with Crippen LogP contribution >= 0.6 is 0 Å². The molecule has 8 heteroatoms. The topological polar surface area (TPSA) is 61.4 Å². The van der Waals surface area contributed by atoms with E-state index in [-0.39, 0.29) is 11.6 Å². The molecule has 0 saturated carbocycles. The molecule has 0 radical (unpaired) electrons. The molecule has 0 aliphatic heterocycles. The Morgan fingerprint density at radius 3 is 1.20 bits per heavy atom. The Bertz CT molecular complexity index is 1620. The van der Waals surface area contributed by atoms with Crippen LogP contribution in [0.4, 0.5) is 8.78 Å². The van der Waals surface area contributed by atoms with Crippen LogP contribution in [0.2, 0.25) is 0 Å². The molecule has 6 nitrogen and oxygen atoms in total. The number of hydrogen-bond donors (Lipinski definition) is 0. The van der Waals surface area contributed by atoms with Gasteiger partial charge in [-0.05, 0) is 73.5 Å². The van der Waals surface area contributed by atoms with Gasteiger partial charge in [0.1, 0.15) is 34.4 Å². The Morgan fingerprint density at radius 1 is 0.500 bits per heavy atom. The minimum absolute atomic E-state index is 0.338. The summed E-state index contributed by atoms with van der Waals surface area (Å²) in [4.78, 5) is 0. The quantitative estimate of drug-likeness (QED) is 0.225. The van der Waals surface area contributed by atoms with Gasteiger partial charge in [0.05, 0.1) is 13.1 Å². The highest BCUT2D eigenvalue weighted by molar-refractivity contribution is 5.84. The van der Waals surface area contributed by atoms with Crippen molar-refractivity contribution in [3.8, 4) is 33.9 Å². The fraction of sp³-hybridized carbons (Fsp3) is 0.125. The van der Waals surface area contributed by atoms with Gasteiger partial charge >= 0.3 is 0 Å².